The molecule has 0 saturated carbocycles. The van der Waals surface area contributed by atoms with Crippen LogP contribution in [0.1, 0.15) is 28.1 Å². The fourth-order valence-electron chi connectivity index (χ4n) is 4.18. The maximum absolute atomic E-state index is 13.5. The van der Waals surface area contributed by atoms with Crippen LogP contribution >= 0.6 is 0 Å². The van der Waals surface area contributed by atoms with Gasteiger partial charge in [-0.15, -0.1) is 0 Å². The molecular formula is C25H18FNO. The second-order valence-electron chi connectivity index (χ2n) is 6.86. The first-order valence-corrected chi connectivity index (χ1v) is 9.29. The number of hydrogen-bond donors (Lipinski definition) is 0. The molecule has 0 radical (unpaired) electrons. The van der Waals surface area contributed by atoms with Gasteiger partial charge in [-0.05, 0) is 29.8 Å². The molecule has 2 heterocycles. The highest BCUT2D eigenvalue weighted by molar-refractivity contribution is 5.68. The SMILES string of the molecule is FCc1cccc(C2(c3ccccc3)c3ccccc3Oc3ccccc32)n1. The van der Waals surface area contributed by atoms with Crippen LogP contribution < -0.4 is 4.74 Å². The Morgan fingerprint density at radius 3 is 1.93 bits per heavy atom. The summed E-state index contributed by atoms with van der Waals surface area (Å²) >= 11 is 0. The summed E-state index contributed by atoms with van der Waals surface area (Å²) in [6, 6.07) is 31.9. The molecule has 0 atom stereocenters. The molecular weight excluding hydrogens is 349 g/mol. The van der Waals surface area contributed by atoms with E-state index in [1.807, 2.05) is 66.7 Å². The van der Waals surface area contributed by atoms with Crippen molar-refractivity contribution in [2.45, 2.75) is 12.1 Å². The molecule has 0 bridgehead atoms. The number of alkyl halides is 1. The molecule has 0 aliphatic carbocycles. The summed E-state index contributed by atoms with van der Waals surface area (Å²) in [6.07, 6.45) is 0. The van der Waals surface area contributed by atoms with Crippen molar-refractivity contribution >= 4 is 0 Å². The van der Waals surface area contributed by atoms with Crippen molar-refractivity contribution in [3.8, 4) is 11.5 Å². The molecule has 3 aromatic carbocycles. The van der Waals surface area contributed by atoms with E-state index in [0.29, 0.717) is 5.69 Å². The lowest BCUT2D eigenvalue weighted by Crippen LogP contribution is -2.35. The number of benzene rings is 3. The monoisotopic (exact) mass is 367 g/mol. The molecule has 1 aromatic heterocycles. The van der Waals surface area contributed by atoms with E-state index in [9.17, 15) is 4.39 Å². The molecule has 0 N–H and O–H groups in total. The summed E-state index contributed by atoms with van der Waals surface area (Å²) in [4.78, 5) is 4.73. The van der Waals surface area contributed by atoms with Gasteiger partial charge in [-0.3, -0.25) is 4.98 Å². The number of para-hydroxylation sites is 2. The first kappa shape index (κ1) is 16.7. The number of halogens is 1. The van der Waals surface area contributed by atoms with Crippen LogP contribution in [0.5, 0.6) is 11.5 Å². The number of ether oxygens (including phenoxy) is 1. The van der Waals surface area contributed by atoms with E-state index < -0.39 is 12.1 Å². The Labute approximate surface area is 163 Å². The van der Waals surface area contributed by atoms with E-state index in [0.717, 1.165) is 33.9 Å². The molecule has 0 saturated heterocycles. The predicted octanol–water partition coefficient (Wildman–Crippen LogP) is 6.04. The van der Waals surface area contributed by atoms with Crippen molar-refractivity contribution < 1.29 is 9.13 Å². The third-order valence-corrected chi connectivity index (χ3v) is 5.34. The quantitative estimate of drug-likeness (QED) is 0.388. The topological polar surface area (TPSA) is 22.1 Å². The van der Waals surface area contributed by atoms with Crippen LogP contribution in [0.25, 0.3) is 0 Å². The highest BCUT2D eigenvalue weighted by Gasteiger charge is 2.46. The van der Waals surface area contributed by atoms with Crippen LogP contribution in [0.3, 0.4) is 0 Å². The fourth-order valence-corrected chi connectivity index (χ4v) is 4.18. The van der Waals surface area contributed by atoms with E-state index in [-0.39, 0.29) is 0 Å². The maximum atomic E-state index is 13.5. The zero-order valence-electron chi connectivity index (χ0n) is 15.2. The number of pyridine rings is 1. The lowest BCUT2D eigenvalue weighted by molar-refractivity contribution is 0.430. The van der Waals surface area contributed by atoms with Crippen LogP contribution in [-0.2, 0) is 12.1 Å². The van der Waals surface area contributed by atoms with Crippen molar-refractivity contribution in [2.75, 3.05) is 0 Å². The molecule has 4 aromatic rings. The van der Waals surface area contributed by atoms with E-state index in [2.05, 4.69) is 24.3 Å². The zero-order valence-corrected chi connectivity index (χ0v) is 15.2. The summed E-state index contributed by atoms with van der Waals surface area (Å²) < 4.78 is 19.7. The lowest BCUT2D eigenvalue weighted by atomic mass is 9.65. The van der Waals surface area contributed by atoms with Gasteiger partial charge in [-0.1, -0.05) is 72.8 Å². The van der Waals surface area contributed by atoms with Gasteiger partial charge in [0.15, 0.2) is 0 Å². The van der Waals surface area contributed by atoms with Crippen LogP contribution in [0.2, 0.25) is 0 Å². The zero-order chi connectivity index (χ0) is 19.0. The van der Waals surface area contributed by atoms with Gasteiger partial charge in [0.05, 0.1) is 16.8 Å². The second kappa shape index (κ2) is 6.61. The van der Waals surface area contributed by atoms with E-state index in [1.165, 1.54) is 0 Å². The van der Waals surface area contributed by atoms with Crippen LogP contribution in [0, 0.1) is 0 Å². The van der Waals surface area contributed by atoms with Crippen LogP contribution in [0.4, 0.5) is 4.39 Å². The lowest BCUT2D eigenvalue weighted by Gasteiger charge is -2.40. The van der Waals surface area contributed by atoms with Gasteiger partial charge < -0.3 is 4.74 Å². The minimum atomic E-state index is -0.683. The molecule has 3 heteroatoms. The van der Waals surface area contributed by atoms with Gasteiger partial charge in [-0.2, -0.15) is 0 Å². The molecule has 1 aliphatic heterocycles. The minimum Gasteiger partial charge on any atom is -0.457 e. The van der Waals surface area contributed by atoms with Crippen molar-refractivity contribution in [2.24, 2.45) is 0 Å². The van der Waals surface area contributed by atoms with Crippen LogP contribution in [-0.4, -0.2) is 4.98 Å². The van der Waals surface area contributed by atoms with E-state index in [4.69, 9.17) is 9.72 Å². The first-order chi connectivity index (χ1) is 13.8. The van der Waals surface area contributed by atoms with Gasteiger partial charge in [-0.25, -0.2) is 4.39 Å². The standard InChI is InChI=1S/C25H18FNO/c26-17-19-11-8-16-24(27-19)25(18-9-2-1-3-10-18)20-12-4-6-14-22(20)28-23-15-7-5-13-21(23)25/h1-16H,17H2. The molecule has 5 rings (SSSR count). The Morgan fingerprint density at radius 1 is 0.679 bits per heavy atom. The molecule has 1 aliphatic rings. The molecule has 0 amide bonds. The molecule has 136 valence electrons. The van der Waals surface area contributed by atoms with Crippen molar-refractivity contribution in [3.63, 3.8) is 0 Å². The van der Waals surface area contributed by atoms with Gasteiger partial charge in [0, 0.05) is 11.1 Å². The second-order valence-corrected chi connectivity index (χ2v) is 6.86. The molecule has 0 spiro atoms. The van der Waals surface area contributed by atoms with E-state index in [1.54, 1.807) is 6.07 Å². The number of hydrogen-bond acceptors (Lipinski definition) is 2. The normalized spacial score (nSPS) is 13.9. The predicted molar refractivity (Wildman–Crippen MR) is 107 cm³/mol. The third kappa shape index (κ3) is 2.36. The summed E-state index contributed by atoms with van der Waals surface area (Å²) in [5.74, 6) is 1.58. The highest BCUT2D eigenvalue weighted by Crippen LogP contribution is 2.54. The Morgan fingerprint density at radius 2 is 1.29 bits per heavy atom. The third-order valence-electron chi connectivity index (χ3n) is 5.34. The Balaban J connectivity index is 1.95. The summed E-state index contributed by atoms with van der Waals surface area (Å²) in [6.45, 7) is -0.599. The maximum Gasteiger partial charge on any atom is 0.132 e. The van der Waals surface area contributed by atoms with Crippen LogP contribution in [0.15, 0.2) is 97.1 Å². The Kier molecular flexibility index (Phi) is 3.94. The average molecular weight is 367 g/mol. The van der Waals surface area contributed by atoms with Crippen molar-refractivity contribution in [1.82, 2.24) is 4.98 Å². The largest absolute Gasteiger partial charge is 0.457 e. The summed E-state index contributed by atoms with van der Waals surface area (Å²) in [5, 5.41) is 0. The summed E-state index contributed by atoms with van der Waals surface area (Å²) in [5.41, 5.74) is 3.61. The number of aromatic nitrogens is 1. The summed E-state index contributed by atoms with van der Waals surface area (Å²) in [7, 11) is 0. The molecule has 0 unspecified atom stereocenters. The fraction of sp³-hybridized carbons (Fsp3) is 0.0800. The Bertz CT molecular complexity index is 1090. The van der Waals surface area contributed by atoms with Crippen molar-refractivity contribution in [3.05, 3.63) is 125 Å². The molecule has 2 nitrogen and oxygen atoms in total. The van der Waals surface area contributed by atoms with Gasteiger partial charge in [0.1, 0.15) is 18.2 Å². The smallest absolute Gasteiger partial charge is 0.132 e. The van der Waals surface area contributed by atoms with Gasteiger partial charge in [0.2, 0.25) is 0 Å². The number of nitrogens with zero attached hydrogens (tertiary/aromatic N) is 1. The Hall–Kier alpha value is -3.46. The number of fused-ring (bicyclic) bond motifs is 2. The van der Waals surface area contributed by atoms with Gasteiger partial charge >= 0.3 is 0 Å². The van der Waals surface area contributed by atoms with Crippen molar-refractivity contribution in [1.29, 1.82) is 0 Å². The molecule has 28 heavy (non-hydrogen) atoms. The van der Waals surface area contributed by atoms with E-state index >= 15 is 0 Å². The van der Waals surface area contributed by atoms with Gasteiger partial charge in [0.25, 0.3) is 0 Å². The first-order valence-electron chi connectivity index (χ1n) is 9.29. The minimum absolute atomic E-state index is 0.425. The molecule has 0 fully saturated rings. The highest BCUT2D eigenvalue weighted by atomic mass is 19.1. The average Bonchev–Trinajstić information content (AvgIpc) is 2.78. The number of rotatable bonds is 3.